The Morgan fingerprint density at radius 2 is 2.18 bits per heavy atom. The first-order valence-corrected chi connectivity index (χ1v) is 3.43. The molecule has 2 heteroatoms. The van der Waals surface area contributed by atoms with Crippen LogP contribution in [0.15, 0.2) is 36.1 Å². The summed E-state index contributed by atoms with van der Waals surface area (Å²) in [5.41, 5.74) is 0.940. The molecule has 0 aromatic rings. The molecule has 0 heterocycles. The second-order valence-electron chi connectivity index (χ2n) is 2.34. The Morgan fingerprint density at radius 3 is 2.73 bits per heavy atom. The van der Waals surface area contributed by atoms with E-state index in [1.54, 1.807) is 14.2 Å². The van der Waals surface area contributed by atoms with Crippen LogP contribution >= 0.6 is 0 Å². The molecule has 1 aliphatic rings. The monoisotopic (exact) mass is 152 g/mol. The molecule has 0 spiro atoms. The van der Waals surface area contributed by atoms with Crippen molar-refractivity contribution in [2.45, 2.75) is 6.10 Å². The third-order valence-corrected chi connectivity index (χ3v) is 1.58. The van der Waals surface area contributed by atoms with E-state index < -0.39 is 0 Å². The fraction of sp³-hybridized carbons (Fsp3) is 0.333. The summed E-state index contributed by atoms with van der Waals surface area (Å²) in [7, 11) is 3.28. The average Bonchev–Trinajstić information content (AvgIpc) is 2.04. The summed E-state index contributed by atoms with van der Waals surface area (Å²) in [6.07, 6.45) is 5.65. The lowest BCUT2D eigenvalue weighted by molar-refractivity contribution is 0.109. The molecule has 0 saturated heterocycles. The van der Waals surface area contributed by atoms with Gasteiger partial charge in [-0.1, -0.05) is 12.7 Å². The van der Waals surface area contributed by atoms with E-state index in [4.69, 9.17) is 9.47 Å². The molecular formula is C9H12O2. The fourth-order valence-corrected chi connectivity index (χ4v) is 0.989. The van der Waals surface area contributed by atoms with E-state index in [9.17, 15) is 0 Å². The summed E-state index contributed by atoms with van der Waals surface area (Å²) in [6, 6.07) is 0. The van der Waals surface area contributed by atoms with Crippen molar-refractivity contribution >= 4 is 0 Å². The van der Waals surface area contributed by atoms with Crippen LogP contribution in [0.4, 0.5) is 0 Å². The summed E-state index contributed by atoms with van der Waals surface area (Å²) in [4.78, 5) is 0. The summed E-state index contributed by atoms with van der Waals surface area (Å²) in [6.45, 7) is 3.78. The van der Waals surface area contributed by atoms with Gasteiger partial charge in [-0.3, -0.25) is 0 Å². The molecule has 1 aliphatic carbocycles. The van der Waals surface area contributed by atoms with Crippen LogP contribution in [0.5, 0.6) is 0 Å². The van der Waals surface area contributed by atoms with Crippen molar-refractivity contribution < 1.29 is 9.47 Å². The predicted molar refractivity (Wildman–Crippen MR) is 44.2 cm³/mol. The van der Waals surface area contributed by atoms with Gasteiger partial charge in [0.05, 0.1) is 7.11 Å². The SMILES string of the molecule is C=C1C=CC(OC)C(OC)=C1. The molecule has 60 valence electrons. The first-order chi connectivity index (χ1) is 5.27. The molecule has 0 aliphatic heterocycles. The maximum absolute atomic E-state index is 5.12. The topological polar surface area (TPSA) is 18.5 Å². The van der Waals surface area contributed by atoms with Crippen molar-refractivity contribution in [1.29, 1.82) is 0 Å². The minimum absolute atomic E-state index is 0.0505. The summed E-state index contributed by atoms with van der Waals surface area (Å²) in [5.74, 6) is 0.806. The molecule has 0 saturated carbocycles. The minimum atomic E-state index is -0.0505. The van der Waals surface area contributed by atoms with Crippen molar-refractivity contribution in [2.24, 2.45) is 0 Å². The van der Waals surface area contributed by atoms with Crippen molar-refractivity contribution in [3.63, 3.8) is 0 Å². The van der Waals surface area contributed by atoms with Gasteiger partial charge in [-0.15, -0.1) is 0 Å². The Morgan fingerprint density at radius 1 is 1.45 bits per heavy atom. The number of rotatable bonds is 2. The number of methoxy groups -OCH3 is 2. The van der Waals surface area contributed by atoms with Gasteiger partial charge < -0.3 is 9.47 Å². The van der Waals surface area contributed by atoms with Crippen molar-refractivity contribution in [2.75, 3.05) is 14.2 Å². The molecule has 1 atom stereocenters. The predicted octanol–water partition coefficient (Wildman–Crippen LogP) is 1.66. The van der Waals surface area contributed by atoms with Gasteiger partial charge in [0.15, 0.2) is 0 Å². The largest absolute Gasteiger partial charge is 0.498 e. The maximum atomic E-state index is 5.12. The maximum Gasteiger partial charge on any atom is 0.133 e. The molecule has 1 rings (SSSR count). The highest BCUT2D eigenvalue weighted by Gasteiger charge is 2.13. The molecule has 0 bridgehead atoms. The van der Waals surface area contributed by atoms with E-state index in [0.717, 1.165) is 11.3 Å². The Kier molecular flexibility index (Phi) is 2.49. The van der Waals surface area contributed by atoms with Crippen LogP contribution < -0.4 is 0 Å². The van der Waals surface area contributed by atoms with Crippen LogP contribution in [0, 0.1) is 0 Å². The van der Waals surface area contributed by atoms with Crippen LogP contribution in [-0.2, 0) is 9.47 Å². The van der Waals surface area contributed by atoms with Crippen LogP contribution in [0.3, 0.4) is 0 Å². The normalized spacial score (nSPS) is 23.3. The van der Waals surface area contributed by atoms with Crippen molar-refractivity contribution in [3.8, 4) is 0 Å². The molecule has 0 amide bonds. The Hall–Kier alpha value is -1.02. The molecule has 0 aromatic heterocycles. The van der Waals surface area contributed by atoms with Crippen LogP contribution in [0.25, 0.3) is 0 Å². The van der Waals surface area contributed by atoms with Crippen LogP contribution in [0.1, 0.15) is 0 Å². The van der Waals surface area contributed by atoms with Gasteiger partial charge in [0.1, 0.15) is 11.9 Å². The summed E-state index contributed by atoms with van der Waals surface area (Å²) in [5, 5.41) is 0. The van der Waals surface area contributed by atoms with Gasteiger partial charge in [0, 0.05) is 7.11 Å². The average molecular weight is 152 g/mol. The fourth-order valence-electron chi connectivity index (χ4n) is 0.989. The highest BCUT2D eigenvalue weighted by Crippen LogP contribution is 2.17. The van der Waals surface area contributed by atoms with Crippen molar-refractivity contribution in [1.82, 2.24) is 0 Å². The number of allylic oxidation sites excluding steroid dienone is 3. The molecule has 1 unspecified atom stereocenters. The van der Waals surface area contributed by atoms with E-state index in [2.05, 4.69) is 6.58 Å². The lowest BCUT2D eigenvalue weighted by Crippen LogP contribution is -2.14. The second kappa shape index (κ2) is 3.39. The Labute approximate surface area is 66.8 Å². The van der Waals surface area contributed by atoms with Gasteiger partial charge in [0.25, 0.3) is 0 Å². The first-order valence-electron chi connectivity index (χ1n) is 3.43. The van der Waals surface area contributed by atoms with Gasteiger partial charge in [-0.05, 0) is 17.7 Å². The lowest BCUT2D eigenvalue weighted by atomic mass is 10.1. The van der Waals surface area contributed by atoms with Gasteiger partial charge >= 0.3 is 0 Å². The minimum Gasteiger partial charge on any atom is -0.498 e. The second-order valence-corrected chi connectivity index (χ2v) is 2.34. The van der Waals surface area contributed by atoms with E-state index >= 15 is 0 Å². The zero-order chi connectivity index (χ0) is 8.27. The molecular weight excluding hydrogens is 140 g/mol. The standard InChI is InChI=1S/C9H12O2/c1-7-4-5-8(10-2)9(6-7)11-3/h4-6,8H,1H2,2-3H3. The number of hydrogen-bond acceptors (Lipinski definition) is 2. The molecule has 2 nitrogen and oxygen atoms in total. The van der Waals surface area contributed by atoms with E-state index in [0.29, 0.717) is 0 Å². The zero-order valence-electron chi connectivity index (χ0n) is 6.83. The number of hydrogen-bond donors (Lipinski definition) is 0. The quantitative estimate of drug-likeness (QED) is 0.599. The van der Waals surface area contributed by atoms with E-state index in [1.807, 2.05) is 18.2 Å². The Bertz CT molecular complexity index is 214. The first kappa shape index (κ1) is 8.08. The highest BCUT2D eigenvalue weighted by molar-refractivity contribution is 5.36. The highest BCUT2D eigenvalue weighted by atomic mass is 16.5. The van der Waals surface area contributed by atoms with Gasteiger partial charge in [-0.25, -0.2) is 0 Å². The molecule has 0 N–H and O–H groups in total. The summed E-state index contributed by atoms with van der Waals surface area (Å²) < 4.78 is 10.2. The molecule has 0 fully saturated rings. The smallest absolute Gasteiger partial charge is 0.133 e. The number of ether oxygens (including phenoxy) is 2. The lowest BCUT2D eigenvalue weighted by Gasteiger charge is -2.17. The Balaban J connectivity index is 2.77. The molecule has 0 radical (unpaired) electrons. The van der Waals surface area contributed by atoms with E-state index in [1.165, 1.54) is 0 Å². The third-order valence-electron chi connectivity index (χ3n) is 1.58. The molecule has 11 heavy (non-hydrogen) atoms. The van der Waals surface area contributed by atoms with Crippen molar-refractivity contribution in [3.05, 3.63) is 36.1 Å². The van der Waals surface area contributed by atoms with Gasteiger partial charge in [0.2, 0.25) is 0 Å². The third kappa shape index (κ3) is 1.71. The zero-order valence-corrected chi connectivity index (χ0v) is 6.83. The molecule has 0 aromatic carbocycles. The van der Waals surface area contributed by atoms with Gasteiger partial charge in [-0.2, -0.15) is 0 Å². The van der Waals surface area contributed by atoms with E-state index in [-0.39, 0.29) is 6.10 Å². The van der Waals surface area contributed by atoms with Crippen LogP contribution in [0.2, 0.25) is 0 Å². The summed E-state index contributed by atoms with van der Waals surface area (Å²) >= 11 is 0. The van der Waals surface area contributed by atoms with Crippen LogP contribution in [-0.4, -0.2) is 20.3 Å².